The normalized spacial score (nSPS) is 12.1. The van der Waals surface area contributed by atoms with Crippen LogP contribution in [0.15, 0.2) is 24.3 Å². The summed E-state index contributed by atoms with van der Waals surface area (Å²) in [6.07, 6.45) is -4.55. The van der Waals surface area contributed by atoms with E-state index in [1.807, 2.05) is 13.8 Å². The molecule has 0 atom stereocenters. The monoisotopic (exact) mass is 318 g/mol. The van der Waals surface area contributed by atoms with E-state index in [0.717, 1.165) is 11.3 Å². The Kier molecular flexibility index (Phi) is 4.63. The third-order valence-corrected chi connectivity index (χ3v) is 3.83. The minimum Gasteiger partial charge on any atom is -0.310 e. The molecule has 21 heavy (non-hydrogen) atoms. The number of hydrogen-bond acceptors (Lipinski definition) is 3. The summed E-state index contributed by atoms with van der Waals surface area (Å²) in [7, 11) is 0. The SMILES string of the molecule is CC(C)NCc1sc(-c2ccccc2F)nc1C(F)(F)F. The van der Waals surface area contributed by atoms with Crippen molar-refractivity contribution >= 4 is 11.3 Å². The summed E-state index contributed by atoms with van der Waals surface area (Å²) in [6.45, 7) is 3.73. The predicted octanol–water partition coefficient (Wildman–Crippen LogP) is 4.47. The average molecular weight is 318 g/mol. The lowest BCUT2D eigenvalue weighted by Crippen LogP contribution is -2.23. The minimum absolute atomic E-state index is 0.0426. The van der Waals surface area contributed by atoms with Crippen LogP contribution in [0, 0.1) is 5.82 Å². The van der Waals surface area contributed by atoms with Crippen molar-refractivity contribution in [2.75, 3.05) is 0 Å². The Labute approximate surface area is 123 Å². The van der Waals surface area contributed by atoms with Crippen LogP contribution >= 0.6 is 11.3 Å². The van der Waals surface area contributed by atoms with Crippen LogP contribution in [0.5, 0.6) is 0 Å². The molecule has 1 aromatic heterocycles. The van der Waals surface area contributed by atoms with Crippen molar-refractivity contribution in [2.45, 2.75) is 32.6 Å². The zero-order chi connectivity index (χ0) is 15.6. The Morgan fingerprint density at radius 1 is 1.24 bits per heavy atom. The van der Waals surface area contributed by atoms with Crippen LogP contribution in [0.25, 0.3) is 10.6 Å². The summed E-state index contributed by atoms with van der Waals surface area (Å²) in [5, 5.41) is 2.97. The van der Waals surface area contributed by atoms with E-state index in [4.69, 9.17) is 0 Å². The summed E-state index contributed by atoms with van der Waals surface area (Å²) >= 11 is 0.862. The van der Waals surface area contributed by atoms with Crippen LogP contribution in [0.3, 0.4) is 0 Å². The first-order chi connectivity index (χ1) is 9.79. The molecule has 1 heterocycles. The number of rotatable bonds is 4. The summed E-state index contributed by atoms with van der Waals surface area (Å²) in [4.78, 5) is 3.67. The van der Waals surface area contributed by atoms with Gasteiger partial charge in [-0.1, -0.05) is 26.0 Å². The predicted molar refractivity (Wildman–Crippen MR) is 74.5 cm³/mol. The summed E-state index contributed by atoms with van der Waals surface area (Å²) < 4.78 is 52.8. The van der Waals surface area contributed by atoms with Crippen LogP contribution in [0.4, 0.5) is 17.6 Å². The first-order valence-corrected chi connectivity index (χ1v) is 7.16. The van der Waals surface area contributed by atoms with Gasteiger partial charge in [-0.15, -0.1) is 11.3 Å². The molecule has 114 valence electrons. The van der Waals surface area contributed by atoms with E-state index in [1.54, 1.807) is 6.07 Å². The fourth-order valence-electron chi connectivity index (χ4n) is 1.74. The van der Waals surface area contributed by atoms with Crippen LogP contribution in [-0.2, 0) is 12.7 Å². The second-order valence-corrected chi connectivity index (χ2v) is 5.89. The van der Waals surface area contributed by atoms with Gasteiger partial charge in [0.2, 0.25) is 0 Å². The molecule has 2 aromatic rings. The van der Waals surface area contributed by atoms with Gasteiger partial charge in [0.05, 0.1) is 4.88 Å². The topological polar surface area (TPSA) is 24.9 Å². The molecule has 1 N–H and O–H groups in total. The van der Waals surface area contributed by atoms with E-state index >= 15 is 0 Å². The van der Waals surface area contributed by atoms with Crippen LogP contribution < -0.4 is 5.32 Å². The van der Waals surface area contributed by atoms with Gasteiger partial charge in [-0.3, -0.25) is 0 Å². The molecule has 7 heteroatoms. The first-order valence-electron chi connectivity index (χ1n) is 6.34. The second-order valence-electron chi connectivity index (χ2n) is 4.80. The number of nitrogens with zero attached hydrogens (tertiary/aromatic N) is 1. The number of benzene rings is 1. The number of halogens is 4. The quantitative estimate of drug-likeness (QED) is 0.842. The molecule has 0 aliphatic rings. The highest BCUT2D eigenvalue weighted by Gasteiger charge is 2.37. The maximum Gasteiger partial charge on any atom is 0.434 e. The summed E-state index contributed by atoms with van der Waals surface area (Å²) in [5.74, 6) is -0.580. The van der Waals surface area contributed by atoms with E-state index in [1.165, 1.54) is 18.2 Å². The summed E-state index contributed by atoms with van der Waals surface area (Å²) in [6, 6.07) is 5.73. The third kappa shape index (κ3) is 3.79. The molecule has 0 saturated heterocycles. The van der Waals surface area contributed by atoms with Gasteiger partial charge in [0.15, 0.2) is 5.69 Å². The number of aromatic nitrogens is 1. The maximum absolute atomic E-state index is 13.7. The van der Waals surface area contributed by atoms with Crippen LogP contribution in [0.1, 0.15) is 24.4 Å². The summed E-state index contributed by atoms with van der Waals surface area (Å²) in [5.41, 5.74) is -0.859. The smallest absolute Gasteiger partial charge is 0.310 e. The lowest BCUT2D eigenvalue weighted by Gasteiger charge is -2.09. The molecular weight excluding hydrogens is 304 g/mol. The van der Waals surface area contributed by atoms with Crippen molar-refractivity contribution in [3.8, 4) is 10.6 Å². The Morgan fingerprint density at radius 2 is 1.90 bits per heavy atom. The van der Waals surface area contributed by atoms with Crippen molar-refractivity contribution in [1.82, 2.24) is 10.3 Å². The highest BCUT2D eigenvalue weighted by atomic mass is 32.1. The fourth-order valence-corrected chi connectivity index (χ4v) is 2.80. The maximum atomic E-state index is 13.7. The third-order valence-electron chi connectivity index (χ3n) is 2.74. The molecule has 2 rings (SSSR count). The Morgan fingerprint density at radius 3 is 2.48 bits per heavy atom. The van der Waals surface area contributed by atoms with Gasteiger partial charge in [-0.25, -0.2) is 9.37 Å². The van der Waals surface area contributed by atoms with Crippen molar-refractivity contribution in [3.05, 3.63) is 40.7 Å². The molecule has 0 fully saturated rings. The molecule has 0 aliphatic heterocycles. The number of hydrogen-bond donors (Lipinski definition) is 1. The molecule has 0 unspecified atom stereocenters. The van der Waals surface area contributed by atoms with Gasteiger partial charge >= 0.3 is 6.18 Å². The lowest BCUT2D eigenvalue weighted by atomic mass is 10.2. The number of alkyl halides is 3. The lowest BCUT2D eigenvalue weighted by molar-refractivity contribution is -0.141. The molecule has 0 spiro atoms. The van der Waals surface area contributed by atoms with Gasteiger partial charge in [-0.05, 0) is 12.1 Å². The largest absolute Gasteiger partial charge is 0.434 e. The molecule has 0 saturated carbocycles. The fraction of sp³-hybridized carbons (Fsp3) is 0.357. The van der Waals surface area contributed by atoms with E-state index < -0.39 is 17.7 Å². The van der Waals surface area contributed by atoms with Gasteiger partial charge in [0, 0.05) is 18.2 Å². The Bertz CT molecular complexity index is 620. The highest BCUT2D eigenvalue weighted by Crippen LogP contribution is 2.38. The Balaban J connectivity index is 2.43. The highest BCUT2D eigenvalue weighted by molar-refractivity contribution is 7.15. The van der Waals surface area contributed by atoms with Crippen molar-refractivity contribution in [1.29, 1.82) is 0 Å². The molecule has 2 nitrogen and oxygen atoms in total. The number of nitrogens with one attached hydrogen (secondary N) is 1. The van der Waals surface area contributed by atoms with E-state index in [0.29, 0.717) is 0 Å². The zero-order valence-electron chi connectivity index (χ0n) is 11.5. The van der Waals surface area contributed by atoms with E-state index in [-0.39, 0.29) is 28.0 Å². The second kappa shape index (κ2) is 6.11. The molecular formula is C14H14F4N2S. The molecule has 1 aromatic carbocycles. The average Bonchev–Trinajstić information content (AvgIpc) is 2.81. The zero-order valence-corrected chi connectivity index (χ0v) is 12.3. The van der Waals surface area contributed by atoms with Crippen molar-refractivity contribution in [3.63, 3.8) is 0 Å². The number of thiazole rings is 1. The molecule has 0 radical (unpaired) electrons. The van der Waals surface area contributed by atoms with E-state index in [9.17, 15) is 17.6 Å². The Hall–Kier alpha value is -1.47. The van der Waals surface area contributed by atoms with Gasteiger partial charge < -0.3 is 5.32 Å². The van der Waals surface area contributed by atoms with Crippen molar-refractivity contribution < 1.29 is 17.6 Å². The molecule has 0 bridgehead atoms. The molecule has 0 amide bonds. The van der Waals surface area contributed by atoms with Crippen LogP contribution in [-0.4, -0.2) is 11.0 Å². The minimum atomic E-state index is -4.55. The van der Waals surface area contributed by atoms with E-state index in [2.05, 4.69) is 10.3 Å². The van der Waals surface area contributed by atoms with Gasteiger partial charge in [0.25, 0.3) is 0 Å². The van der Waals surface area contributed by atoms with Crippen molar-refractivity contribution in [2.24, 2.45) is 0 Å². The molecule has 0 aliphatic carbocycles. The standard InChI is InChI=1S/C14H14F4N2S/c1-8(2)19-7-11-12(14(16,17)18)20-13(21-11)9-5-3-4-6-10(9)15/h3-6,8,19H,7H2,1-2H3. The van der Waals surface area contributed by atoms with Crippen LogP contribution in [0.2, 0.25) is 0 Å². The van der Waals surface area contributed by atoms with Gasteiger partial charge in [0.1, 0.15) is 10.8 Å². The first kappa shape index (κ1) is 15.9. The van der Waals surface area contributed by atoms with Gasteiger partial charge in [-0.2, -0.15) is 13.2 Å².